The minimum Gasteiger partial charge on any atom is -0.273 e. The summed E-state index contributed by atoms with van der Waals surface area (Å²) in [4.78, 5) is 15.3. The summed E-state index contributed by atoms with van der Waals surface area (Å²) in [5, 5.41) is 4.61. The van der Waals surface area contributed by atoms with E-state index in [0.717, 1.165) is 10.8 Å². The molecule has 16 heavy (non-hydrogen) atoms. The molecule has 0 atom stereocenters. The Hall–Kier alpha value is -1.01. The van der Waals surface area contributed by atoms with Crippen molar-refractivity contribution in [1.29, 1.82) is 0 Å². The van der Waals surface area contributed by atoms with E-state index in [1.165, 1.54) is 0 Å². The zero-order valence-electron chi connectivity index (χ0n) is 10.9. The lowest BCUT2D eigenvalue weighted by atomic mass is 10.5. The highest BCUT2D eigenvalue weighted by Gasteiger charge is 2.00. The molecule has 0 unspecified atom stereocenters. The summed E-state index contributed by atoms with van der Waals surface area (Å²) in [5.41, 5.74) is 2.42. The average molecular weight is 264 g/mol. The van der Waals surface area contributed by atoms with Gasteiger partial charge in [-0.1, -0.05) is 16.9 Å². The van der Waals surface area contributed by atoms with Crippen LogP contribution < -0.4 is 5.43 Å². The first-order valence-electron chi connectivity index (χ1n) is 5.80. The molecule has 1 amide bonds. The van der Waals surface area contributed by atoms with Crippen LogP contribution >= 0.6 is 21.6 Å². The molecule has 0 saturated carbocycles. The van der Waals surface area contributed by atoms with Gasteiger partial charge in [-0.3, -0.25) is 4.79 Å². The molecule has 6 heteroatoms. The highest BCUT2D eigenvalue weighted by atomic mass is 33.1. The number of carbonyl (C=O) groups is 1. The number of pyridine rings is 1. The van der Waals surface area contributed by atoms with Crippen LogP contribution in [0.25, 0.3) is 0 Å². The molecule has 4 nitrogen and oxygen atoms in total. The van der Waals surface area contributed by atoms with E-state index in [0.29, 0.717) is 6.42 Å². The first-order chi connectivity index (χ1) is 8.83. The number of carbonyl (C=O) groups excluding carboxylic acids is 1. The van der Waals surface area contributed by atoms with E-state index in [2.05, 4.69) is 15.5 Å². The van der Waals surface area contributed by atoms with Crippen molar-refractivity contribution in [2.24, 2.45) is 5.10 Å². The Morgan fingerprint density at radius 2 is 2.69 bits per heavy atom. The van der Waals surface area contributed by atoms with Gasteiger partial charge in [0, 0.05) is 29.0 Å². The molecule has 1 aromatic rings. The van der Waals surface area contributed by atoms with Crippen molar-refractivity contribution in [2.75, 3.05) is 5.75 Å². The maximum Gasteiger partial charge on any atom is 0.240 e. The lowest BCUT2D eigenvalue weighted by Crippen LogP contribution is -2.17. The van der Waals surface area contributed by atoms with E-state index < -0.39 is 0 Å². The van der Waals surface area contributed by atoms with Gasteiger partial charge in [0.1, 0.15) is 5.03 Å². The normalized spacial score (nSPS) is 11.1. The van der Waals surface area contributed by atoms with Crippen LogP contribution in [0.1, 0.15) is 17.7 Å². The van der Waals surface area contributed by atoms with Gasteiger partial charge < -0.3 is 0 Å². The Kier molecular flexibility index (Phi) is 5.87. The molecule has 0 aliphatic heterocycles. The summed E-state index contributed by atoms with van der Waals surface area (Å²) >= 11 is 0. The number of hydrogen-bond acceptors (Lipinski definition) is 5. The number of hydrazone groups is 1. The van der Waals surface area contributed by atoms with Gasteiger partial charge in [-0.15, -0.1) is 0 Å². The van der Waals surface area contributed by atoms with E-state index >= 15 is 0 Å². The van der Waals surface area contributed by atoms with Crippen LogP contribution in [0.5, 0.6) is 0 Å². The van der Waals surface area contributed by atoms with Crippen LogP contribution in [0.3, 0.4) is 0 Å². The molecule has 0 aliphatic carbocycles. The second-order valence-electron chi connectivity index (χ2n) is 2.75. The third-order valence-corrected chi connectivity index (χ3v) is 3.78. The van der Waals surface area contributed by atoms with Crippen molar-refractivity contribution in [3.05, 3.63) is 24.4 Å². The van der Waals surface area contributed by atoms with Crippen LogP contribution in [0.15, 0.2) is 34.5 Å². The SMILES string of the molecule is C/C=N\NC(=O)CCSSc1ccccn1.[2H][3H].[3HH]. The van der Waals surface area contributed by atoms with Crippen molar-refractivity contribution >= 4 is 33.7 Å². The molecule has 90 valence electrons. The van der Waals surface area contributed by atoms with Crippen molar-refractivity contribution < 1.29 is 9.19 Å². The molecule has 1 aromatic heterocycles. The summed E-state index contributed by atoms with van der Waals surface area (Å²) in [7, 11) is 3.18. The van der Waals surface area contributed by atoms with Gasteiger partial charge in [0.2, 0.25) is 5.91 Å². The highest BCUT2D eigenvalue weighted by molar-refractivity contribution is 8.76. The molecule has 1 N–H and O–H groups in total. The maximum atomic E-state index is 11.2. The molecule has 1 rings (SSSR count). The Labute approximate surface area is 107 Å². The molecule has 1 heterocycles. The second kappa shape index (κ2) is 8.18. The monoisotopic (exact) mass is 264 g/mol. The van der Waals surface area contributed by atoms with Gasteiger partial charge in [0.25, 0.3) is 0 Å². The van der Waals surface area contributed by atoms with Crippen molar-refractivity contribution in [3.8, 4) is 0 Å². The molecular formula is C10H17N3OS2. The Bertz CT molecular complexity index is 355. The second-order valence-corrected chi connectivity index (χ2v) is 5.18. The number of rotatable bonds is 6. The van der Waals surface area contributed by atoms with Crippen LogP contribution in [0.4, 0.5) is 0 Å². The zero-order valence-corrected chi connectivity index (χ0v) is 10.6. The Morgan fingerprint density at radius 1 is 1.81 bits per heavy atom. The van der Waals surface area contributed by atoms with Gasteiger partial charge >= 0.3 is 0 Å². The minimum atomic E-state index is -0.0628. The van der Waals surface area contributed by atoms with Gasteiger partial charge in [-0.2, -0.15) is 5.10 Å². The Morgan fingerprint density at radius 3 is 3.38 bits per heavy atom. The lowest BCUT2D eigenvalue weighted by Gasteiger charge is -1.99. The lowest BCUT2D eigenvalue weighted by molar-refractivity contribution is -0.120. The zero-order chi connectivity index (χ0) is 13.6. The molecule has 0 aromatic carbocycles. The molecule has 0 saturated heterocycles. The van der Waals surface area contributed by atoms with Gasteiger partial charge in [0.05, 0.1) is 0 Å². The first-order valence-corrected chi connectivity index (χ1v) is 7.12. The van der Waals surface area contributed by atoms with Crippen LogP contribution in [-0.4, -0.2) is 22.9 Å². The van der Waals surface area contributed by atoms with Crippen molar-refractivity contribution in [1.82, 2.24) is 10.4 Å². The van der Waals surface area contributed by atoms with E-state index in [1.54, 1.807) is 40.9 Å². The molecule has 0 bridgehead atoms. The van der Waals surface area contributed by atoms with E-state index in [4.69, 9.17) is 2.97 Å². The Balaban J connectivity index is 0. The molecular weight excluding hydrogens is 242 g/mol. The van der Waals surface area contributed by atoms with Gasteiger partial charge in [-0.25, -0.2) is 10.4 Å². The predicted octanol–water partition coefficient (Wildman–Crippen LogP) is 2.83. The summed E-state index contributed by atoms with van der Waals surface area (Å²) < 4.78 is 10.0. The number of hydrogen-bond donors (Lipinski definition) is 1. The largest absolute Gasteiger partial charge is 0.273 e. The van der Waals surface area contributed by atoms with E-state index in [9.17, 15) is 4.79 Å². The topological polar surface area (TPSA) is 54.4 Å². The third-order valence-electron chi connectivity index (χ3n) is 1.51. The first kappa shape index (κ1) is 11.5. The fourth-order valence-corrected chi connectivity index (χ4v) is 2.69. The average Bonchev–Trinajstić information content (AvgIpc) is 2.44. The van der Waals surface area contributed by atoms with Gasteiger partial charge in [0.15, 0.2) is 0 Å². The predicted molar refractivity (Wildman–Crippen MR) is 73.7 cm³/mol. The van der Waals surface area contributed by atoms with Crippen molar-refractivity contribution in [2.45, 2.75) is 18.4 Å². The van der Waals surface area contributed by atoms with Crippen molar-refractivity contribution in [3.63, 3.8) is 0 Å². The number of aromatic nitrogens is 1. The van der Waals surface area contributed by atoms with Crippen LogP contribution in [0.2, 0.25) is 0 Å². The fraction of sp³-hybridized carbons (Fsp3) is 0.300. The number of nitrogens with one attached hydrogen (secondary N) is 1. The van der Waals surface area contributed by atoms with Crippen LogP contribution in [-0.2, 0) is 4.79 Å². The number of amides is 1. The number of nitrogens with zero attached hydrogens (tertiary/aromatic N) is 2. The van der Waals surface area contributed by atoms with E-state index in [-0.39, 0.29) is 7.33 Å². The summed E-state index contributed by atoms with van der Waals surface area (Å²) in [6.07, 6.45) is 3.76. The maximum absolute atomic E-state index is 11.2. The smallest absolute Gasteiger partial charge is 0.240 e. The quantitative estimate of drug-likeness (QED) is 0.371. The summed E-state index contributed by atoms with van der Waals surface area (Å²) in [6.45, 7) is 1.76. The van der Waals surface area contributed by atoms with Gasteiger partial charge in [-0.05, 0) is 29.9 Å². The molecule has 0 aliphatic rings. The van der Waals surface area contributed by atoms with Crippen LogP contribution in [0, 0.1) is 0 Å². The molecule has 0 radical (unpaired) electrons. The van der Waals surface area contributed by atoms with E-state index in [1.807, 2.05) is 18.2 Å². The fourth-order valence-electron chi connectivity index (χ4n) is 0.825. The summed E-state index contributed by atoms with van der Waals surface area (Å²) in [5.74, 6) is 0.680. The highest BCUT2D eigenvalue weighted by Crippen LogP contribution is 2.29. The summed E-state index contributed by atoms with van der Waals surface area (Å²) in [6, 6.07) is 5.77. The molecule has 0 spiro atoms. The standard InChI is InChI=1S/C10H13N3OS2.2H2/c1-2-12-13-9(14)6-8-15-16-10-5-3-4-7-11-10;;/h2-5,7H,6,8H2,1H3,(H,13,14);2*1H/b12-2-;;/i;1+2D;1+2. The minimum absolute atomic E-state index is 0. The molecule has 0 fully saturated rings. The third kappa shape index (κ3) is 5.77.